The second-order valence-corrected chi connectivity index (χ2v) is 12.6. The van der Waals surface area contributed by atoms with Crippen molar-refractivity contribution in [1.82, 2.24) is 20.2 Å². The highest BCUT2D eigenvalue weighted by Gasteiger charge is 2.49. The Morgan fingerprint density at radius 2 is 1.86 bits per heavy atom. The number of fused-ring (bicyclic) bond motifs is 5. The fraction of sp³-hybridized carbons (Fsp3) is 0.455. The first kappa shape index (κ1) is 26.2. The molecule has 1 aromatic heterocycles. The van der Waals surface area contributed by atoms with Crippen molar-refractivity contribution >= 4 is 27.5 Å². The lowest BCUT2D eigenvalue weighted by atomic mass is 9.93. The van der Waals surface area contributed by atoms with E-state index in [0.29, 0.717) is 29.7 Å². The molecule has 0 spiro atoms. The third-order valence-corrected chi connectivity index (χ3v) is 10.1. The summed E-state index contributed by atoms with van der Waals surface area (Å²) in [7, 11) is 0. The maximum Gasteiger partial charge on any atom is 0.319 e. The van der Waals surface area contributed by atoms with Gasteiger partial charge in [0.05, 0.1) is 11.1 Å². The summed E-state index contributed by atoms with van der Waals surface area (Å²) >= 11 is 0. The molecule has 4 aliphatic rings. The minimum absolute atomic E-state index is 0.0467. The van der Waals surface area contributed by atoms with Crippen molar-refractivity contribution in [1.29, 1.82) is 0 Å². The lowest BCUT2D eigenvalue weighted by molar-refractivity contribution is 0.107. The van der Waals surface area contributed by atoms with Crippen molar-refractivity contribution in [2.45, 2.75) is 62.8 Å². The average Bonchev–Trinajstić information content (AvgIpc) is 3.58. The SMILES string of the molecule is Cc1cccc2cccc(-c3c(F)cc4c(N5C6CCC5CNC6)nc(OC[C@@]56CCCN5C[C@H](F)C6)nc4c3F)c12. The maximum absolute atomic E-state index is 16.7. The summed E-state index contributed by atoms with van der Waals surface area (Å²) in [6.07, 6.45) is 3.33. The first-order chi connectivity index (χ1) is 20.4. The van der Waals surface area contributed by atoms with Gasteiger partial charge in [0.2, 0.25) is 0 Å². The molecule has 4 saturated heterocycles. The third-order valence-electron chi connectivity index (χ3n) is 10.1. The molecular formula is C33H34F3N5O. The number of nitrogens with one attached hydrogen (secondary N) is 1. The highest BCUT2D eigenvalue weighted by molar-refractivity contribution is 6.02. The third kappa shape index (κ3) is 4.00. The molecule has 1 N–H and O–H groups in total. The first-order valence-corrected chi connectivity index (χ1v) is 15.1. The average molecular weight is 574 g/mol. The van der Waals surface area contributed by atoms with Crippen molar-refractivity contribution in [3.63, 3.8) is 0 Å². The van der Waals surface area contributed by atoms with Crippen LogP contribution in [-0.4, -0.2) is 71.4 Å². The van der Waals surface area contributed by atoms with Gasteiger partial charge in [0.1, 0.15) is 29.9 Å². The quantitative estimate of drug-likeness (QED) is 0.319. The summed E-state index contributed by atoms with van der Waals surface area (Å²) in [6.45, 7) is 5.02. The summed E-state index contributed by atoms with van der Waals surface area (Å²) in [6, 6.07) is 13.2. The molecule has 0 amide bonds. The van der Waals surface area contributed by atoms with E-state index in [0.717, 1.165) is 61.7 Å². The number of halogens is 3. The fourth-order valence-electron chi connectivity index (χ4n) is 8.18. The van der Waals surface area contributed by atoms with Gasteiger partial charge in [-0.15, -0.1) is 0 Å². The Bertz CT molecular complexity index is 1690. The van der Waals surface area contributed by atoms with Crippen molar-refractivity contribution in [3.8, 4) is 17.1 Å². The normalized spacial score (nSPS) is 27.3. The molecule has 4 aliphatic heterocycles. The van der Waals surface area contributed by atoms with Gasteiger partial charge in [-0.2, -0.15) is 9.97 Å². The minimum Gasteiger partial charge on any atom is -0.461 e. The predicted molar refractivity (Wildman–Crippen MR) is 158 cm³/mol. The monoisotopic (exact) mass is 573 g/mol. The van der Waals surface area contributed by atoms with E-state index >= 15 is 8.78 Å². The standard InChI is InChI=1S/C33H34F3N5O/c1-19-5-2-6-20-7-3-8-24(27(19)20)28-26(35)13-25-30(29(28)36)38-32(39-31(25)41-22-9-10-23(41)16-37-15-22)42-18-33-11-4-12-40(33)17-21(34)14-33/h2-3,5-8,13,21-23,37H,4,9-12,14-18H2,1H3/t21-,22?,23?,33+/m1/s1. The van der Waals surface area contributed by atoms with Gasteiger partial charge in [-0.05, 0) is 67.1 Å². The van der Waals surface area contributed by atoms with E-state index in [1.54, 1.807) is 6.07 Å². The van der Waals surface area contributed by atoms with Crippen molar-refractivity contribution in [2.24, 2.45) is 0 Å². The van der Waals surface area contributed by atoms with Gasteiger partial charge >= 0.3 is 6.01 Å². The number of piperazine rings is 1. The zero-order valence-corrected chi connectivity index (χ0v) is 23.7. The molecule has 4 aromatic rings. The van der Waals surface area contributed by atoms with Crippen LogP contribution < -0.4 is 15.0 Å². The van der Waals surface area contributed by atoms with Crippen molar-refractivity contribution < 1.29 is 17.9 Å². The van der Waals surface area contributed by atoms with E-state index in [9.17, 15) is 4.39 Å². The fourth-order valence-corrected chi connectivity index (χ4v) is 8.18. The summed E-state index contributed by atoms with van der Waals surface area (Å²) in [5.41, 5.74) is 0.991. The largest absolute Gasteiger partial charge is 0.461 e. The Kier molecular flexibility index (Phi) is 6.12. The van der Waals surface area contributed by atoms with Crippen LogP contribution in [-0.2, 0) is 0 Å². The Hall–Kier alpha value is -3.43. The molecule has 9 heteroatoms. The number of anilines is 1. The first-order valence-electron chi connectivity index (χ1n) is 15.1. The number of hydrogen-bond acceptors (Lipinski definition) is 6. The maximum atomic E-state index is 16.7. The number of aryl methyl sites for hydroxylation is 1. The highest BCUT2D eigenvalue weighted by atomic mass is 19.1. The van der Waals surface area contributed by atoms with Crippen LogP contribution >= 0.6 is 0 Å². The van der Waals surface area contributed by atoms with Crippen LogP contribution in [0, 0.1) is 18.6 Å². The number of benzene rings is 3. The minimum atomic E-state index is -0.884. The topological polar surface area (TPSA) is 53.5 Å². The van der Waals surface area contributed by atoms with Crippen molar-refractivity contribution in [2.75, 3.05) is 37.7 Å². The molecule has 0 radical (unpaired) electrons. The lowest BCUT2D eigenvalue weighted by Crippen LogP contribution is -2.52. The van der Waals surface area contributed by atoms with E-state index in [1.807, 2.05) is 37.3 Å². The summed E-state index contributed by atoms with van der Waals surface area (Å²) < 4.78 is 53.6. The van der Waals surface area contributed by atoms with Gasteiger partial charge in [0, 0.05) is 43.5 Å². The molecule has 0 saturated carbocycles. The van der Waals surface area contributed by atoms with E-state index in [4.69, 9.17) is 9.72 Å². The molecule has 2 unspecified atom stereocenters. The lowest BCUT2D eigenvalue weighted by Gasteiger charge is -2.37. The Morgan fingerprint density at radius 3 is 2.67 bits per heavy atom. The highest BCUT2D eigenvalue weighted by Crippen LogP contribution is 2.43. The van der Waals surface area contributed by atoms with Crippen LogP contribution in [0.25, 0.3) is 32.8 Å². The Labute approximate surface area is 242 Å². The van der Waals surface area contributed by atoms with Gasteiger partial charge in [0.15, 0.2) is 5.82 Å². The molecule has 42 heavy (non-hydrogen) atoms. The van der Waals surface area contributed by atoms with Gasteiger partial charge in [-0.25, -0.2) is 13.2 Å². The Balaban J connectivity index is 1.29. The van der Waals surface area contributed by atoms with Crippen molar-refractivity contribution in [3.05, 3.63) is 59.7 Å². The smallest absolute Gasteiger partial charge is 0.319 e. The number of aromatic nitrogens is 2. The van der Waals surface area contributed by atoms with Crippen LogP contribution in [0.3, 0.4) is 0 Å². The second-order valence-electron chi connectivity index (χ2n) is 12.6. The zero-order valence-electron chi connectivity index (χ0n) is 23.7. The van der Waals surface area contributed by atoms with E-state index in [-0.39, 0.29) is 41.3 Å². The number of rotatable bonds is 5. The van der Waals surface area contributed by atoms with E-state index < -0.39 is 17.8 Å². The van der Waals surface area contributed by atoms with Crippen LogP contribution in [0.15, 0.2) is 42.5 Å². The van der Waals surface area contributed by atoms with Crippen LogP contribution in [0.5, 0.6) is 6.01 Å². The summed E-state index contributed by atoms with van der Waals surface area (Å²) in [4.78, 5) is 13.8. The number of hydrogen-bond donors (Lipinski definition) is 1. The summed E-state index contributed by atoms with van der Waals surface area (Å²) in [5.74, 6) is -0.850. The second kappa shape index (κ2) is 9.81. The molecule has 4 fully saturated rings. The van der Waals surface area contributed by atoms with Gasteiger partial charge in [-0.1, -0.05) is 36.4 Å². The van der Waals surface area contributed by atoms with E-state index in [2.05, 4.69) is 20.1 Å². The molecular weight excluding hydrogens is 539 g/mol. The molecule has 5 heterocycles. The molecule has 3 aromatic carbocycles. The predicted octanol–water partition coefficient (Wildman–Crippen LogP) is 5.93. The molecule has 4 atom stereocenters. The van der Waals surface area contributed by atoms with Gasteiger partial charge < -0.3 is 15.0 Å². The van der Waals surface area contributed by atoms with Crippen LogP contribution in [0.4, 0.5) is 19.0 Å². The van der Waals surface area contributed by atoms with Gasteiger partial charge in [-0.3, -0.25) is 4.90 Å². The molecule has 2 bridgehead atoms. The van der Waals surface area contributed by atoms with Crippen LogP contribution in [0.1, 0.15) is 37.7 Å². The Morgan fingerprint density at radius 1 is 1.07 bits per heavy atom. The zero-order chi connectivity index (χ0) is 28.6. The summed E-state index contributed by atoms with van der Waals surface area (Å²) in [5, 5.41) is 5.55. The number of alkyl halides is 1. The molecule has 8 rings (SSSR count). The molecule has 6 nitrogen and oxygen atoms in total. The van der Waals surface area contributed by atoms with Crippen LogP contribution in [0.2, 0.25) is 0 Å². The number of ether oxygens (including phenoxy) is 1. The number of nitrogens with zero attached hydrogens (tertiary/aromatic N) is 4. The molecule has 0 aliphatic carbocycles. The molecule has 218 valence electrons. The van der Waals surface area contributed by atoms with Gasteiger partial charge in [0.25, 0.3) is 0 Å². The van der Waals surface area contributed by atoms with E-state index in [1.165, 1.54) is 6.07 Å².